The van der Waals surface area contributed by atoms with E-state index in [9.17, 15) is 18.4 Å². The van der Waals surface area contributed by atoms with Crippen molar-refractivity contribution in [1.82, 2.24) is 14.8 Å². The first-order chi connectivity index (χ1) is 13.4. The molecule has 0 aliphatic carbocycles. The van der Waals surface area contributed by atoms with Crippen molar-refractivity contribution < 1.29 is 18.4 Å². The molecule has 0 atom stereocenters. The van der Waals surface area contributed by atoms with Crippen LogP contribution in [0.25, 0.3) is 5.69 Å². The Balaban J connectivity index is 1.67. The number of hydrogen-bond acceptors (Lipinski definition) is 5. The maximum atomic E-state index is 13.2. The number of halogens is 2. The summed E-state index contributed by atoms with van der Waals surface area (Å²) in [6.07, 6.45) is 1.48. The summed E-state index contributed by atoms with van der Waals surface area (Å²) in [5, 5.41) is 13.4. The third-order valence-corrected chi connectivity index (χ3v) is 4.38. The van der Waals surface area contributed by atoms with Crippen LogP contribution in [0.3, 0.4) is 0 Å². The lowest BCUT2D eigenvalue weighted by Gasteiger charge is -2.09. The smallest absolute Gasteiger partial charge is 0.234 e. The molecule has 0 spiro atoms. The minimum atomic E-state index is -0.776. The number of thioether (sulfide) groups is 1. The predicted molar refractivity (Wildman–Crippen MR) is 101 cm³/mol. The quantitative estimate of drug-likeness (QED) is 0.617. The van der Waals surface area contributed by atoms with Gasteiger partial charge >= 0.3 is 0 Å². The van der Waals surface area contributed by atoms with Gasteiger partial charge in [-0.3, -0.25) is 14.2 Å². The molecule has 7 nitrogen and oxygen atoms in total. The van der Waals surface area contributed by atoms with E-state index in [1.165, 1.54) is 13.3 Å². The monoisotopic (exact) mass is 403 g/mol. The van der Waals surface area contributed by atoms with Gasteiger partial charge in [-0.1, -0.05) is 17.8 Å². The van der Waals surface area contributed by atoms with Gasteiger partial charge in [0.2, 0.25) is 11.8 Å². The highest BCUT2D eigenvalue weighted by molar-refractivity contribution is 7.99. The van der Waals surface area contributed by atoms with Gasteiger partial charge < -0.3 is 10.6 Å². The summed E-state index contributed by atoms with van der Waals surface area (Å²) < 4.78 is 28.0. The minimum absolute atomic E-state index is 0.0348. The van der Waals surface area contributed by atoms with E-state index in [0.717, 1.165) is 30.0 Å². The topological polar surface area (TPSA) is 88.9 Å². The first kappa shape index (κ1) is 19.5. The van der Waals surface area contributed by atoms with Crippen molar-refractivity contribution in [3.8, 4) is 5.69 Å². The zero-order chi connectivity index (χ0) is 20.1. The van der Waals surface area contributed by atoms with Crippen LogP contribution >= 0.6 is 11.8 Å². The van der Waals surface area contributed by atoms with Gasteiger partial charge in [0.25, 0.3) is 0 Å². The number of nitrogens with one attached hydrogen (secondary N) is 2. The maximum absolute atomic E-state index is 13.2. The lowest BCUT2D eigenvalue weighted by atomic mass is 10.2. The molecule has 0 bridgehead atoms. The van der Waals surface area contributed by atoms with E-state index in [4.69, 9.17) is 0 Å². The molecule has 0 aliphatic rings. The Hall–Kier alpha value is -3.27. The molecular weight excluding hydrogens is 388 g/mol. The van der Waals surface area contributed by atoms with Crippen molar-refractivity contribution in [3.63, 3.8) is 0 Å². The average molecular weight is 403 g/mol. The standard InChI is InChI=1S/C18H15F2N5O2S/c1-11(26)22-14-3-2-4-16(8-14)25-10-21-24-18(25)28-9-17(27)23-15-6-12(19)5-13(20)7-15/h2-8,10H,9H2,1H3,(H,22,26)(H,23,27). The molecule has 2 N–H and O–H groups in total. The van der Waals surface area contributed by atoms with Crippen LogP contribution in [0.15, 0.2) is 53.9 Å². The summed E-state index contributed by atoms with van der Waals surface area (Å²) in [6.45, 7) is 1.41. The van der Waals surface area contributed by atoms with Gasteiger partial charge in [0, 0.05) is 24.4 Å². The number of aromatic nitrogens is 3. The molecule has 3 aromatic rings. The van der Waals surface area contributed by atoms with Crippen LogP contribution in [0.2, 0.25) is 0 Å². The third-order valence-electron chi connectivity index (χ3n) is 3.44. The molecule has 1 aromatic heterocycles. The highest BCUT2D eigenvalue weighted by Gasteiger charge is 2.12. The fraction of sp³-hybridized carbons (Fsp3) is 0.111. The molecule has 3 rings (SSSR count). The molecule has 2 amide bonds. The highest BCUT2D eigenvalue weighted by Crippen LogP contribution is 2.22. The maximum Gasteiger partial charge on any atom is 0.234 e. The molecule has 28 heavy (non-hydrogen) atoms. The second-order valence-electron chi connectivity index (χ2n) is 5.71. The first-order valence-corrected chi connectivity index (χ1v) is 9.06. The Morgan fingerprint density at radius 1 is 1.07 bits per heavy atom. The number of hydrogen-bond donors (Lipinski definition) is 2. The molecule has 0 saturated heterocycles. The number of rotatable bonds is 6. The van der Waals surface area contributed by atoms with Gasteiger partial charge in [-0.2, -0.15) is 0 Å². The van der Waals surface area contributed by atoms with E-state index >= 15 is 0 Å². The SMILES string of the molecule is CC(=O)Nc1cccc(-n2cnnc2SCC(=O)Nc2cc(F)cc(F)c2)c1. The van der Waals surface area contributed by atoms with Gasteiger partial charge in [-0.25, -0.2) is 8.78 Å². The van der Waals surface area contributed by atoms with Crippen molar-refractivity contribution in [1.29, 1.82) is 0 Å². The molecule has 0 aliphatic heterocycles. The van der Waals surface area contributed by atoms with E-state index < -0.39 is 17.5 Å². The fourth-order valence-corrected chi connectivity index (χ4v) is 3.12. The Kier molecular flexibility index (Phi) is 5.99. The summed E-state index contributed by atoms with van der Waals surface area (Å²) in [5.74, 6) is -2.23. The van der Waals surface area contributed by atoms with Gasteiger partial charge in [0.05, 0.1) is 11.4 Å². The first-order valence-electron chi connectivity index (χ1n) is 8.07. The number of anilines is 2. The molecule has 2 aromatic carbocycles. The molecule has 1 heterocycles. The average Bonchev–Trinajstić information content (AvgIpc) is 3.07. The Morgan fingerprint density at radius 2 is 1.82 bits per heavy atom. The second-order valence-corrected chi connectivity index (χ2v) is 6.65. The highest BCUT2D eigenvalue weighted by atomic mass is 32.2. The summed E-state index contributed by atoms with van der Waals surface area (Å²) in [5.41, 5.74) is 1.35. The van der Waals surface area contributed by atoms with Crippen LogP contribution in [-0.2, 0) is 9.59 Å². The number of benzene rings is 2. The second kappa shape index (κ2) is 8.61. The lowest BCUT2D eigenvalue weighted by molar-refractivity contribution is -0.114. The number of carbonyl (C=O) groups excluding carboxylic acids is 2. The molecular formula is C18H15F2N5O2S. The van der Waals surface area contributed by atoms with Gasteiger partial charge in [0.15, 0.2) is 5.16 Å². The van der Waals surface area contributed by atoms with E-state index in [2.05, 4.69) is 20.8 Å². The normalized spacial score (nSPS) is 10.5. The Bertz CT molecular complexity index is 1000. The minimum Gasteiger partial charge on any atom is -0.326 e. The molecule has 0 fully saturated rings. The van der Waals surface area contributed by atoms with Crippen LogP contribution in [0.4, 0.5) is 20.2 Å². The van der Waals surface area contributed by atoms with Crippen LogP contribution < -0.4 is 10.6 Å². The van der Waals surface area contributed by atoms with Gasteiger partial charge in [-0.15, -0.1) is 10.2 Å². The van der Waals surface area contributed by atoms with E-state index in [0.29, 0.717) is 16.5 Å². The zero-order valence-electron chi connectivity index (χ0n) is 14.6. The van der Waals surface area contributed by atoms with E-state index in [1.54, 1.807) is 28.8 Å². The summed E-state index contributed by atoms with van der Waals surface area (Å²) in [6, 6.07) is 9.83. The summed E-state index contributed by atoms with van der Waals surface area (Å²) in [7, 11) is 0. The van der Waals surface area contributed by atoms with Crippen LogP contribution in [-0.4, -0.2) is 32.3 Å². The predicted octanol–water partition coefficient (Wildman–Crippen LogP) is 3.23. The van der Waals surface area contributed by atoms with Gasteiger partial charge in [0.1, 0.15) is 18.0 Å². The Labute approximate surface area is 163 Å². The number of amides is 2. The molecule has 0 unspecified atom stereocenters. The Morgan fingerprint density at radius 3 is 2.54 bits per heavy atom. The number of carbonyl (C=O) groups is 2. The van der Waals surface area contributed by atoms with E-state index in [-0.39, 0.29) is 17.3 Å². The van der Waals surface area contributed by atoms with Crippen molar-refractivity contribution in [2.75, 3.05) is 16.4 Å². The van der Waals surface area contributed by atoms with E-state index in [1.807, 2.05) is 0 Å². The van der Waals surface area contributed by atoms with Crippen LogP contribution in [0, 0.1) is 11.6 Å². The number of nitrogens with zero attached hydrogens (tertiary/aromatic N) is 3. The van der Waals surface area contributed by atoms with Crippen molar-refractivity contribution in [3.05, 3.63) is 60.4 Å². The van der Waals surface area contributed by atoms with Crippen LogP contribution in [0.5, 0.6) is 0 Å². The molecule has 0 saturated carbocycles. The van der Waals surface area contributed by atoms with Crippen molar-refractivity contribution in [2.45, 2.75) is 12.1 Å². The molecule has 10 heteroatoms. The zero-order valence-corrected chi connectivity index (χ0v) is 15.5. The molecule has 144 valence electrons. The van der Waals surface area contributed by atoms with Crippen molar-refractivity contribution >= 4 is 35.0 Å². The summed E-state index contributed by atoms with van der Waals surface area (Å²) >= 11 is 1.11. The lowest BCUT2D eigenvalue weighted by Crippen LogP contribution is -2.15. The molecule has 0 radical (unpaired) electrons. The fourth-order valence-electron chi connectivity index (χ4n) is 2.39. The van der Waals surface area contributed by atoms with Crippen LogP contribution in [0.1, 0.15) is 6.92 Å². The largest absolute Gasteiger partial charge is 0.326 e. The summed E-state index contributed by atoms with van der Waals surface area (Å²) in [4.78, 5) is 23.3. The van der Waals surface area contributed by atoms with Crippen molar-refractivity contribution in [2.24, 2.45) is 0 Å². The van der Waals surface area contributed by atoms with Gasteiger partial charge in [-0.05, 0) is 30.3 Å². The third kappa shape index (κ3) is 5.13.